The van der Waals surface area contributed by atoms with Gasteiger partial charge in [-0.1, -0.05) is 299 Å². The lowest BCUT2D eigenvalue weighted by molar-refractivity contribution is 0.148. The van der Waals surface area contributed by atoms with Crippen LogP contribution in [0.5, 0.6) is 0 Å². The van der Waals surface area contributed by atoms with Crippen molar-refractivity contribution in [3.8, 4) is 0 Å². The van der Waals surface area contributed by atoms with E-state index in [-0.39, 0.29) is 18.1 Å². The lowest BCUT2D eigenvalue weighted by Gasteiger charge is -2.45. The molecule has 0 fully saturated rings. The zero-order valence-electron chi connectivity index (χ0n) is 65.5. The van der Waals surface area contributed by atoms with Crippen LogP contribution in [0, 0.1) is 65.1 Å². The van der Waals surface area contributed by atoms with E-state index in [4.69, 9.17) is 11.5 Å². The summed E-state index contributed by atoms with van der Waals surface area (Å²) in [5.41, 5.74) is 36.1. The van der Waals surface area contributed by atoms with Crippen LogP contribution in [0.1, 0.15) is 260 Å². The molecule has 0 heterocycles. The summed E-state index contributed by atoms with van der Waals surface area (Å²) in [5.74, 6) is 6.52. The first-order valence-electron chi connectivity index (χ1n) is 41.2. The number of hydrogen-bond donors (Lipinski definition) is 2. The lowest BCUT2D eigenvalue weighted by Crippen LogP contribution is -2.49. The van der Waals surface area contributed by atoms with Crippen LogP contribution in [0.25, 0.3) is 5.57 Å². The van der Waals surface area contributed by atoms with E-state index < -0.39 is 0 Å². The Morgan fingerprint density at radius 2 is 1.25 bits per heavy atom. The molecule has 16 atom stereocenters. The van der Waals surface area contributed by atoms with Crippen molar-refractivity contribution in [2.45, 2.75) is 274 Å². The Bertz CT molecular complexity index is 3670. The predicted molar refractivity (Wildman–Crippen MR) is 438 cm³/mol. The Kier molecular flexibility index (Phi) is 26.8. The summed E-state index contributed by atoms with van der Waals surface area (Å²) in [6.07, 6.45) is 76.6. The van der Waals surface area contributed by atoms with E-state index in [9.17, 15) is 0 Å². The van der Waals surface area contributed by atoms with Gasteiger partial charge in [-0.2, -0.15) is 0 Å². The molecule has 9 aliphatic carbocycles. The zero-order chi connectivity index (χ0) is 71.4. The molecular formula is C97H134N4. The molecule has 0 amide bonds. The van der Waals surface area contributed by atoms with Gasteiger partial charge in [0.1, 0.15) is 0 Å². The first-order valence-corrected chi connectivity index (χ1v) is 41.2. The highest BCUT2D eigenvalue weighted by atomic mass is 15.2. The monoisotopic (exact) mass is 1360 g/mol. The third kappa shape index (κ3) is 18.7. The van der Waals surface area contributed by atoms with Crippen molar-refractivity contribution in [1.29, 1.82) is 0 Å². The Hall–Kier alpha value is -6.04. The average molecular weight is 1360 g/mol. The smallest absolute Gasteiger partial charge is 0.0560 e. The highest BCUT2D eigenvalue weighted by Crippen LogP contribution is 2.51. The summed E-state index contributed by atoms with van der Waals surface area (Å²) in [4.78, 5) is 5.65. The van der Waals surface area contributed by atoms with Crippen molar-refractivity contribution in [2.24, 2.45) is 76.6 Å². The summed E-state index contributed by atoms with van der Waals surface area (Å²) in [6.45, 7) is 33.3. The van der Waals surface area contributed by atoms with Crippen LogP contribution in [0.3, 0.4) is 0 Å². The van der Waals surface area contributed by atoms with Gasteiger partial charge in [-0.15, -0.1) is 0 Å². The van der Waals surface area contributed by atoms with Gasteiger partial charge in [0.05, 0.1) is 6.04 Å². The molecule has 9 aliphatic rings. The summed E-state index contributed by atoms with van der Waals surface area (Å²) in [5, 5.41) is 0. The third-order valence-corrected chi connectivity index (χ3v) is 25.2. The van der Waals surface area contributed by atoms with Crippen LogP contribution in [-0.2, 0) is 0 Å². The van der Waals surface area contributed by atoms with Crippen molar-refractivity contribution < 1.29 is 0 Å². The number of rotatable bonds is 29. The first-order chi connectivity index (χ1) is 48.8. The normalized spacial score (nSPS) is 29.7. The van der Waals surface area contributed by atoms with Gasteiger partial charge in [0.2, 0.25) is 0 Å². The Morgan fingerprint density at radius 3 is 1.84 bits per heavy atom. The SMILES string of the molecule is CCCCCCC1=CC(C2=CCC(N(C3C=CC(C4C=CC(C(N)CC)=CC4)=CC3)C3C=CC(C4C(C)C=C(CC(C)C)CC4C)=CC3)C=C2C)C(CCCCCC)CC1C1CC=C(N(c2ccc(C3C(C)=CC(CC(C)C)=CC3C)cc2)C2C=CC(c3ccc(C(C)N)cc3)=CC2)C=C1C. The van der Waals surface area contributed by atoms with Gasteiger partial charge in [0.25, 0.3) is 0 Å². The molecule has 0 spiro atoms. The maximum absolute atomic E-state index is 6.52. The maximum Gasteiger partial charge on any atom is 0.0560 e. The molecule has 0 aromatic heterocycles. The Morgan fingerprint density at radius 1 is 0.564 bits per heavy atom. The molecule has 101 heavy (non-hydrogen) atoms. The Balaban J connectivity index is 0.877. The number of hydrogen-bond acceptors (Lipinski definition) is 4. The summed E-state index contributed by atoms with van der Waals surface area (Å²) in [6, 6.07) is 20.0. The van der Waals surface area contributed by atoms with Gasteiger partial charge in [-0.05, 0) is 234 Å². The molecule has 2 aromatic carbocycles. The third-order valence-electron chi connectivity index (χ3n) is 25.2. The van der Waals surface area contributed by atoms with Gasteiger partial charge in [0, 0.05) is 59.3 Å². The first kappa shape index (κ1) is 76.1. The van der Waals surface area contributed by atoms with E-state index in [0.29, 0.717) is 89.1 Å². The van der Waals surface area contributed by atoms with E-state index in [1.54, 1.807) is 27.9 Å². The van der Waals surface area contributed by atoms with E-state index in [0.717, 1.165) is 51.4 Å². The highest BCUT2D eigenvalue weighted by molar-refractivity contribution is 5.76. The van der Waals surface area contributed by atoms with Gasteiger partial charge in [-0.25, -0.2) is 0 Å². The van der Waals surface area contributed by atoms with Crippen LogP contribution < -0.4 is 16.4 Å². The van der Waals surface area contributed by atoms with Crippen molar-refractivity contribution in [2.75, 3.05) is 4.90 Å². The van der Waals surface area contributed by atoms with Gasteiger partial charge >= 0.3 is 0 Å². The van der Waals surface area contributed by atoms with Crippen LogP contribution in [0.15, 0.2) is 231 Å². The minimum Gasteiger partial charge on any atom is -0.335 e. The quantitative estimate of drug-likeness (QED) is 0.0630. The average Bonchev–Trinajstić information content (AvgIpc) is 0.769. The second kappa shape index (κ2) is 35.6. The standard InChI is InChI=1S/C97H134N4/c1-15-18-20-22-24-83-63-94(92-53-51-90(61-67(92)9)101(86-44-36-79(37-45-86)77-30-32-80(33-31-77)95(99)17-3)88-48-40-82(41-49-88)97-70(12)58-74(55-65(6)7)59-71(97)13)84(25-23-21-19-16-2)62-93(83)91-52-50-89(60-66(91)8)100(85-42-34-78(35-43-85)76-28-26-75(27-29-76)72(14)98)87-46-38-81(39-47-87)96-68(10)56-73(54-64(4)5)57-69(96)11/h26-30,32-42,44,46-48,50,53,56-58,60-61,63-65,68,70-72,77,84-86,88,90-91,93-97H,15-25,31,43,45,49,51-52,54-55,59,62,98-99H2,1-14H3. The molecule has 542 valence electrons. The molecule has 4 nitrogen and oxygen atoms in total. The summed E-state index contributed by atoms with van der Waals surface area (Å²) in [7, 11) is 0. The number of allylic oxidation sites excluding steroid dienone is 21. The van der Waals surface area contributed by atoms with Gasteiger partial charge in [-0.3, -0.25) is 4.90 Å². The van der Waals surface area contributed by atoms with Crippen LogP contribution in [-0.4, -0.2) is 35.1 Å². The number of nitrogens with zero attached hydrogens (tertiary/aromatic N) is 2. The molecule has 2 aromatic rings. The molecule has 11 rings (SSSR count). The molecule has 0 bridgehead atoms. The highest BCUT2D eigenvalue weighted by Gasteiger charge is 2.41. The molecule has 16 unspecified atom stereocenters. The fourth-order valence-corrected chi connectivity index (χ4v) is 20.1. The van der Waals surface area contributed by atoms with Crippen LogP contribution in [0.2, 0.25) is 0 Å². The van der Waals surface area contributed by atoms with Crippen molar-refractivity contribution in [3.05, 3.63) is 248 Å². The van der Waals surface area contributed by atoms with Crippen LogP contribution in [0.4, 0.5) is 5.69 Å². The van der Waals surface area contributed by atoms with Gasteiger partial charge in [0.15, 0.2) is 0 Å². The molecule has 4 heteroatoms. The lowest BCUT2D eigenvalue weighted by atomic mass is 9.63. The second-order valence-electron chi connectivity index (χ2n) is 34.0. The minimum absolute atomic E-state index is 0.0236. The van der Waals surface area contributed by atoms with Crippen molar-refractivity contribution in [1.82, 2.24) is 4.90 Å². The Labute approximate surface area is 616 Å². The molecule has 0 aliphatic heterocycles. The van der Waals surface area contributed by atoms with E-state index in [1.165, 1.54) is 145 Å². The van der Waals surface area contributed by atoms with E-state index >= 15 is 0 Å². The number of benzene rings is 2. The number of anilines is 1. The van der Waals surface area contributed by atoms with E-state index in [1.807, 2.05) is 0 Å². The summed E-state index contributed by atoms with van der Waals surface area (Å²) < 4.78 is 0. The largest absolute Gasteiger partial charge is 0.335 e. The zero-order valence-corrected chi connectivity index (χ0v) is 65.5. The van der Waals surface area contributed by atoms with Crippen molar-refractivity contribution >= 4 is 11.3 Å². The molecular weight excluding hydrogens is 1220 g/mol. The van der Waals surface area contributed by atoms with Crippen molar-refractivity contribution in [3.63, 3.8) is 0 Å². The molecule has 4 N–H and O–H groups in total. The second-order valence-corrected chi connectivity index (χ2v) is 34.0. The van der Waals surface area contributed by atoms with E-state index in [2.05, 4.69) is 277 Å². The maximum atomic E-state index is 6.52. The predicted octanol–water partition coefficient (Wildman–Crippen LogP) is 25.5. The van der Waals surface area contributed by atoms with Crippen LogP contribution >= 0.6 is 0 Å². The topological polar surface area (TPSA) is 58.5 Å². The molecule has 0 saturated carbocycles. The number of nitrogens with two attached hydrogens (primary N) is 2. The molecule has 0 radical (unpaired) electrons. The molecule has 0 saturated heterocycles. The minimum atomic E-state index is 0.0236. The van der Waals surface area contributed by atoms with Gasteiger partial charge < -0.3 is 16.4 Å². The number of unbranched alkanes of at least 4 members (excludes halogenated alkanes) is 6. The summed E-state index contributed by atoms with van der Waals surface area (Å²) >= 11 is 0. The fourth-order valence-electron chi connectivity index (χ4n) is 20.1. The fraction of sp³-hybridized carbons (Fsp3) is 0.546.